The van der Waals surface area contributed by atoms with E-state index in [-0.39, 0.29) is 23.9 Å². The highest BCUT2D eigenvalue weighted by Gasteiger charge is 2.06. The van der Waals surface area contributed by atoms with Gasteiger partial charge in [-0.1, -0.05) is 42.5 Å². The van der Waals surface area contributed by atoms with E-state index < -0.39 is 0 Å². The lowest BCUT2D eigenvalue weighted by Crippen LogP contribution is -1.92. The van der Waals surface area contributed by atoms with Gasteiger partial charge in [0.1, 0.15) is 0 Å². The van der Waals surface area contributed by atoms with E-state index in [1.54, 1.807) is 18.2 Å². The van der Waals surface area contributed by atoms with E-state index >= 15 is 0 Å². The number of hydrogen-bond donors (Lipinski definition) is 1. The lowest BCUT2D eigenvalue weighted by atomic mass is 10.0. The number of anilines is 1. The van der Waals surface area contributed by atoms with Gasteiger partial charge >= 0.3 is 0 Å². The fourth-order valence-electron chi connectivity index (χ4n) is 1.39. The Morgan fingerprint density at radius 2 is 1.53 bits per heavy atom. The summed E-state index contributed by atoms with van der Waals surface area (Å²) >= 11 is 0. The minimum absolute atomic E-state index is 0. The molecular weight excluding hydrogens is 213 g/mol. The summed E-state index contributed by atoms with van der Waals surface area (Å²) in [6, 6.07) is 14.4. The maximum absolute atomic E-state index is 13.6. The van der Waals surface area contributed by atoms with E-state index in [0.29, 0.717) is 5.56 Å². The van der Waals surface area contributed by atoms with Gasteiger partial charge in [0.15, 0.2) is 5.82 Å². The molecule has 1 nitrogen and oxygen atoms in total. The van der Waals surface area contributed by atoms with Crippen molar-refractivity contribution >= 4 is 18.1 Å². The molecule has 0 spiro atoms. The number of nitrogens with two attached hydrogens (primary N) is 1. The van der Waals surface area contributed by atoms with Crippen LogP contribution < -0.4 is 5.73 Å². The third kappa shape index (κ3) is 2.28. The minimum atomic E-state index is -0.348. The third-order valence-electron chi connectivity index (χ3n) is 2.11. The summed E-state index contributed by atoms with van der Waals surface area (Å²) in [4.78, 5) is 0. The molecule has 0 aliphatic rings. The van der Waals surface area contributed by atoms with Gasteiger partial charge in [-0.2, -0.15) is 0 Å². The second-order valence-electron chi connectivity index (χ2n) is 3.07. The summed E-state index contributed by atoms with van der Waals surface area (Å²) in [6.07, 6.45) is 0. The van der Waals surface area contributed by atoms with Crippen molar-refractivity contribution in [1.82, 2.24) is 0 Å². The van der Waals surface area contributed by atoms with Crippen molar-refractivity contribution in [3.63, 3.8) is 0 Å². The first-order chi connectivity index (χ1) is 6.79. The molecule has 0 aliphatic carbocycles. The molecule has 2 aromatic rings. The molecule has 2 rings (SSSR count). The number of nitrogen functional groups attached to an aromatic ring is 1. The topological polar surface area (TPSA) is 26.0 Å². The molecule has 0 bridgehead atoms. The Bertz CT molecular complexity index is 443. The van der Waals surface area contributed by atoms with Crippen molar-refractivity contribution in [2.75, 3.05) is 5.73 Å². The van der Waals surface area contributed by atoms with Gasteiger partial charge in [0.25, 0.3) is 0 Å². The van der Waals surface area contributed by atoms with Crippen LogP contribution in [0.1, 0.15) is 0 Å². The van der Waals surface area contributed by atoms with Crippen LogP contribution in [-0.4, -0.2) is 0 Å². The van der Waals surface area contributed by atoms with Crippen LogP contribution in [0.15, 0.2) is 48.5 Å². The molecule has 0 fully saturated rings. The molecule has 0 saturated carbocycles. The Balaban J connectivity index is 0.00000112. The van der Waals surface area contributed by atoms with Gasteiger partial charge in [-0.05, 0) is 11.6 Å². The van der Waals surface area contributed by atoms with Gasteiger partial charge in [0, 0.05) is 5.56 Å². The van der Waals surface area contributed by atoms with Crippen molar-refractivity contribution in [2.45, 2.75) is 0 Å². The summed E-state index contributed by atoms with van der Waals surface area (Å²) in [5.41, 5.74) is 7.06. The highest BCUT2D eigenvalue weighted by molar-refractivity contribution is 5.85. The van der Waals surface area contributed by atoms with Gasteiger partial charge in [-0.25, -0.2) is 4.39 Å². The largest absolute Gasteiger partial charge is 0.396 e. The first-order valence-corrected chi connectivity index (χ1v) is 4.38. The maximum atomic E-state index is 13.6. The zero-order valence-electron chi connectivity index (χ0n) is 7.98. The standard InChI is InChI=1S/C12H10FN.ClH/c13-12-10(7-4-8-11(12)14)9-5-2-1-3-6-9;/h1-8H,14H2;1H. The van der Waals surface area contributed by atoms with Crippen LogP contribution in [0.5, 0.6) is 0 Å². The van der Waals surface area contributed by atoms with Gasteiger partial charge in [-0.3, -0.25) is 0 Å². The fourth-order valence-corrected chi connectivity index (χ4v) is 1.39. The molecule has 3 heteroatoms. The summed E-state index contributed by atoms with van der Waals surface area (Å²) < 4.78 is 13.6. The van der Waals surface area contributed by atoms with E-state index in [2.05, 4.69) is 0 Å². The van der Waals surface area contributed by atoms with E-state index in [1.807, 2.05) is 30.3 Å². The fraction of sp³-hybridized carbons (Fsp3) is 0. The smallest absolute Gasteiger partial charge is 0.153 e. The molecule has 2 N–H and O–H groups in total. The van der Waals surface area contributed by atoms with Gasteiger partial charge < -0.3 is 5.73 Å². The number of rotatable bonds is 1. The summed E-state index contributed by atoms with van der Waals surface area (Å²) in [5, 5.41) is 0. The van der Waals surface area contributed by atoms with Crippen molar-refractivity contribution in [1.29, 1.82) is 0 Å². The maximum Gasteiger partial charge on any atom is 0.153 e. The molecule has 78 valence electrons. The second kappa shape index (κ2) is 4.80. The monoisotopic (exact) mass is 223 g/mol. The van der Waals surface area contributed by atoms with Crippen LogP contribution in [0.25, 0.3) is 11.1 Å². The van der Waals surface area contributed by atoms with Gasteiger partial charge in [-0.15, -0.1) is 12.4 Å². The predicted octanol–water partition coefficient (Wildman–Crippen LogP) is 3.50. The number of halogens is 2. The molecular formula is C12H11ClFN. The Morgan fingerprint density at radius 1 is 0.867 bits per heavy atom. The van der Waals surface area contributed by atoms with Gasteiger partial charge in [0.2, 0.25) is 0 Å². The molecule has 0 heterocycles. The lowest BCUT2D eigenvalue weighted by molar-refractivity contribution is 0.636. The second-order valence-corrected chi connectivity index (χ2v) is 3.07. The Morgan fingerprint density at radius 3 is 2.20 bits per heavy atom. The van der Waals surface area contributed by atoms with Crippen LogP contribution in [0.3, 0.4) is 0 Å². The van der Waals surface area contributed by atoms with E-state index in [1.165, 1.54) is 0 Å². The number of hydrogen-bond acceptors (Lipinski definition) is 1. The molecule has 0 atom stereocenters. The quantitative estimate of drug-likeness (QED) is 0.736. The third-order valence-corrected chi connectivity index (χ3v) is 2.11. The van der Waals surface area contributed by atoms with Crippen LogP contribution in [0.4, 0.5) is 10.1 Å². The van der Waals surface area contributed by atoms with Crippen LogP contribution >= 0.6 is 12.4 Å². The molecule has 0 saturated heterocycles. The van der Waals surface area contributed by atoms with Crippen molar-refractivity contribution in [2.24, 2.45) is 0 Å². The number of benzene rings is 2. The van der Waals surface area contributed by atoms with E-state index in [4.69, 9.17) is 5.73 Å². The van der Waals surface area contributed by atoms with Crippen LogP contribution in [0.2, 0.25) is 0 Å². The Kier molecular flexibility index (Phi) is 3.69. The highest BCUT2D eigenvalue weighted by Crippen LogP contribution is 2.25. The first kappa shape index (κ1) is 11.5. The highest BCUT2D eigenvalue weighted by atomic mass is 35.5. The predicted molar refractivity (Wildman–Crippen MR) is 63.5 cm³/mol. The molecule has 2 aromatic carbocycles. The molecule has 0 aliphatic heterocycles. The molecule has 0 radical (unpaired) electrons. The molecule has 15 heavy (non-hydrogen) atoms. The molecule has 0 aromatic heterocycles. The zero-order valence-corrected chi connectivity index (χ0v) is 8.80. The van der Waals surface area contributed by atoms with Crippen molar-refractivity contribution in [3.8, 4) is 11.1 Å². The van der Waals surface area contributed by atoms with E-state index in [0.717, 1.165) is 5.56 Å². The lowest BCUT2D eigenvalue weighted by Gasteiger charge is -2.04. The zero-order chi connectivity index (χ0) is 9.97. The first-order valence-electron chi connectivity index (χ1n) is 4.38. The normalized spacial score (nSPS) is 9.40. The Labute approximate surface area is 94.1 Å². The molecule has 0 unspecified atom stereocenters. The summed E-state index contributed by atoms with van der Waals surface area (Å²) in [6.45, 7) is 0. The summed E-state index contributed by atoms with van der Waals surface area (Å²) in [7, 11) is 0. The van der Waals surface area contributed by atoms with Gasteiger partial charge in [0.05, 0.1) is 5.69 Å². The average molecular weight is 224 g/mol. The van der Waals surface area contributed by atoms with Crippen LogP contribution in [0, 0.1) is 5.82 Å². The van der Waals surface area contributed by atoms with Crippen LogP contribution in [-0.2, 0) is 0 Å². The SMILES string of the molecule is Cl.Nc1cccc(-c2ccccc2)c1F. The minimum Gasteiger partial charge on any atom is -0.396 e. The van der Waals surface area contributed by atoms with Crippen molar-refractivity contribution in [3.05, 3.63) is 54.3 Å². The van der Waals surface area contributed by atoms with E-state index in [9.17, 15) is 4.39 Å². The van der Waals surface area contributed by atoms with Crippen molar-refractivity contribution < 1.29 is 4.39 Å². The molecule has 0 amide bonds. The Hall–Kier alpha value is -1.54. The summed E-state index contributed by atoms with van der Waals surface area (Å²) in [5.74, 6) is -0.348. The average Bonchev–Trinajstić information content (AvgIpc) is 2.23.